The van der Waals surface area contributed by atoms with Crippen LogP contribution in [0.5, 0.6) is 0 Å². The normalized spacial score (nSPS) is 31.8. The Morgan fingerprint density at radius 2 is 2.17 bits per heavy atom. The molecule has 1 rings (SSSR count). The smallest absolute Gasteiger partial charge is 0.251 e. The summed E-state index contributed by atoms with van der Waals surface area (Å²) >= 11 is 0. The minimum Gasteiger partial charge on any atom is -0.395 e. The number of alkyl halides is 2. The fourth-order valence-electron chi connectivity index (χ4n) is 1.55. The number of aliphatic hydroxyl groups is 2. The highest BCUT2D eigenvalue weighted by Crippen LogP contribution is 2.18. The van der Waals surface area contributed by atoms with E-state index in [1.54, 1.807) is 0 Å². The molecule has 0 aromatic carbocycles. The van der Waals surface area contributed by atoms with Gasteiger partial charge in [0.25, 0.3) is 6.43 Å². The van der Waals surface area contributed by atoms with Crippen LogP contribution in [-0.2, 0) is 0 Å². The Morgan fingerprint density at radius 3 is 2.67 bits per heavy atom. The van der Waals surface area contributed by atoms with Gasteiger partial charge in [0.15, 0.2) is 0 Å². The van der Waals surface area contributed by atoms with Crippen LogP contribution >= 0.6 is 0 Å². The van der Waals surface area contributed by atoms with Crippen LogP contribution in [0.25, 0.3) is 0 Å². The summed E-state index contributed by atoms with van der Waals surface area (Å²) in [5.74, 6) is 0. The van der Waals surface area contributed by atoms with Crippen molar-refractivity contribution in [3.63, 3.8) is 0 Å². The SMILES string of the molecule is OC[C@@H]1C[C@H](O)CN1CC(F)F. The van der Waals surface area contributed by atoms with E-state index in [2.05, 4.69) is 0 Å². The van der Waals surface area contributed by atoms with Crippen LogP contribution in [0.1, 0.15) is 6.42 Å². The molecule has 2 N–H and O–H groups in total. The molecule has 1 fully saturated rings. The molecule has 1 aliphatic heterocycles. The first-order valence-electron chi connectivity index (χ1n) is 3.94. The standard InChI is InChI=1S/C7H13F2NO2/c8-7(9)3-10-2-6(12)1-5(10)4-11/h5-7,11-12H,1-4H2/t5-,6-/m0/s1. The van der Waals surface area contributed by atoms with Crippen LogP contribution in [0.4, 0.5) is 8.78 Å². The highest BCUT2D eigenvalue weighted by atomic mass is 19.3. The van der Waals surface area contributed by atoms with Gasteiger partial charge in [-0.05, 0) is 6.42 Å². The summed E-state index contributed by atoms with van der Waals surface area (Å²) in [6.07, 6.45) is -2.58. The highest BCUT2D eigenvalue weighted by molar-refractivity contribution is 4.84. The Morgan fingerprint density at radius 1 is 1.50 bits per heavy atom. The van der Waals surface area contributed by atoms with Crippen LogP contribution in [-0.4, -0.2) is 53.4 Å². The quantitative estimate of drug-likeness (QED) is 0.627. The van der Waals surface area contributed by atoms with Crippen molar-refractivity contribution >= 4 is 0 Å². The number of rotatable bonds is 3. The Balaban J connectivity index is 2.40. The van der Waals surface area contributed by atoms with Crippen LogP contribution < -0.4 is 0 Å². The molecule has 0 spiro atoms. The highest BCUT2D eigenvalue weighted by Gasteiger charge is 2.31. The minimum absolute atomic E-state index is 0.163. The fourth-order valence-corrected chi connectivity index (χ4v) is 1.55. The summed E-state index contributed by atoms with van der Waals surface area (Å²) in [6, 6.07) is -0.297. The molecule has 0 saturated carbocycles. The Bertz CT molecular complexity index is 145. The Labute approximate surface area is 69.6 Å². The maximum Gasteiger partial charge on any atom is 0.251 e. The first-order chi connectivity index (χ1) is 5.63. The average Bonchev–Trinajstić information content (AvgIpc) is 2.29. The molecule has 2 atom stereocenters. The van der Waals surface area contributed by atoms with Crippen molar-refractivity contribution in [3.8, 4) is 0 Å². The molecule has 1 saturated heterocycles. The largest absolute Gasteiger partial charge is 0.395 e. The van der Waals surface area contributed by atoms with Crippen molar-refractivity contribution in [2.75, 3.05) is 19.7 Å². The number of hydrogen-bond donors (Lipinski definition) is 2. The van der Waals surface area contributed by atoms with Gasteiger partial charge in [0, 0.05) is 12.6 Å². The van der Waals surface area contributed by atoms with E-state index < -0.39 is 12.5 Å². The first kappa shape index (κ1) is 9.83. The molecule has 3 nitrogen and oxygen atoms in total. The van der Waals surface area contributed by atoms with Gasteiger partial charge in [-0.2, -0.15) is 0 Å². The molecule has 0 aliphatic carbocycles. The van der Waals surface area contributed by atoms with E-state index in [4.69, 9.17) is 10.2 Å². The third-order valence-corrected chi connectivity index (χ3v) is 2.09. The number of nitrogens with zero attached hydrogens (tertiary/aromatic N) is 1. The van der Waals surface area contributed by atoms with Gasteiger partial charge in [0.1, 0.15) is 0 Å². The van der Waals surface area contributed by atoms with Crippen molar-refractivity contribution in [2.24, 2.45) is 0 Å². The number of likely N-dealkylation sites (tertiary alicyclic amines) is 1. The molecule has 0 amide bonds. The lowest BCUT2D eigenvalue weighted by Gasteiger charge is -2.21. The van der Waals surface area contributed by atoms with Gasteiger partial charge in [-0.1, -0.05) is 0 Å². The van der Waals surface area contributed by atoms with Gasteiger partial charge >= 0.3 is 0 Å². The molecule has 0 bridgehead atoms. The predicted molar refractivity (Wildman–Crippen MR) is 39.1 cm³/mol. The second-order valence-electron chi connectivity index (χ2n) is 3.07. The van der Waals surface area contributed by atoms with Crippen LogP contribution in [0.15, 0.2) is 0 Å². The van der Waals surface area contributed by atoms with E-state index in [-0.39, 0.29) is 25.7 Å². The van der Waals surface area contributed by atoms with E-state index >= 15 is 0 Å². The summed E-state index contributed by atoms with van der Waals surface area (Å²) in [5.41, 5.74) is 0. The summed E-state index contributed by atoms with van der Waals surface area (Å²) in [4.78, 5) is 1.43. The van der Waals surface area contributed by atoms with Gasteiger partial charge < -0.3 is 10.2 Å². The molecule has 0 radical (unpaired) electrons. The molecule has 72 valence electrons. The van der Waals surface area contributed by atoms with Crippen LogP contribution in [0.2, 0.25) is 0 Å². The molecule has 12 heavy (non-hydrogen) atoms. The second-order valence-corrected chi connectivity index (χ2v) is 3.07. The first-order valence-corrected chi connectivity index (χ1v) is 3.94. The van der Waals surface area contributed by atoms with Gasteiger partial charge in [-0.15, -0.1) is 0 Å². The second kappa shape index (κ2) is 4.11. The topological polar surface area (TPSA) is 43.7 Å². The summed E-state index contributed by atoms with van der Waals surface area (Å²) in [5, 5.41) is 17.9. The maximum atomic E-state index is 11.9. The molecule has 5 heteroatoms. The van der Waals surface area contributed by atoms with E-state index in [1.807, 2.05) is 0 Å². The molecular formula is C7H13F2NO2. The summed E-state index contributed by atoms with van der Waals surface area (Å²) in [7, 11) is 0. The van der Waals surface area contributed by atoms with Gasteiger partial charge in [0.05, 0.1) is 19.3 Å². The molecule has 1 heterocycles. The lowest BCUT2D eigenvalue weighted by molar-refractivity contribution is 0.0634. The van der Waals surface area contributed by atoms with Gasteiger partial charge in [0.2, 0.25) is 0 Å². The number of hydrogen-bond acceptors (Lipinski definition) is 3. The fraction of sp³-hybridized carbons (Fsp3) is 1.00. The lowest BCUT2D eigenvalue weighted by Crippen LogP contribution is -2.36. The van der Waals surface area contributed by atoms with E-state index in [9.17, 15) is 8.78 Å². The van der Waals surface area contributed by atoms with Crippen molar-refractivity contribution < 1.29 is 19.0 Å². The third-order valence-electron chi connectivity index (χ3n) is 2.09. The monoisotopic (exact) mass is 181 g/mol. The number of aliphatic hydroxyl groups excluding tert-OH is 2. The van der Waals surface area contributed by atoms with Crippen molar-refractivity contribution in [1.29, 1.82) is 0 Å². The zero-order valence-electron chi connectivity index (χ0n) is 6.66. The van der Waals surface area contributed by atoms with Crippen LogP contribution in [0, 0.1) is 0 Å². The third kappa shape index (κ3) is 2.36. The zero-order chi connectivity index (χ0) is 9.14. The lowest BCUT2D eigenvalue weighted by atomic mass is 10.2. The summed E-state index contributed by atoms with van der Waals surface area (Å²) < 4.78 is 23.8. The Hall–Kier alpha value is -0.260. The minimum atomic E-state index is -2.40. The van der Waals surface area contributed by atoms with E-state index in [0.29, 0.717) is 6.42 Å². The predicted octanol–water partition coefficient (Wildman–Crippen LogP) is -0.321. The average molecular weight is 181 g/mol. The zero-order valence-corrected chi connectivity index (χ0v) is 6.66. The molecule has 1 aliphatic rings. The molecule has 0 unspecified atom stereocenters. The maximum absolute atomic E-state index is 11.9. The number of halogens is 2. The van der Waals surface area contributed by atoms with Crippen molar-refractivity contribution in [3.05, 3.63) is 0 Å². The number of β-amino-alcohol motifs (C(OH)–C–C–N with tert-alkyl or cyclic N) is 1. The molecule has 0 aromatic rings. The van der Waals surface area contributed by atoms with Crippen molar-refractivity contribution in [1.82, 2.24) is 4.90 Å². The van der Waals surface area contributed by atoms with Gasteiger partial charge in [-0.25, -0.2) is 8.78 Å². The summed E-state index contributed by atoms with van der Waals surface area (Å²) in [6.45, 7) is -0.276. The van der Waals surface area contributed by atoms with E-state index in [1.165, 1.54) is 4.90 Å². The Kier molecular flexibility index (Phi) is 3.37. The van der Waals surface area contributed by atoms with Crippen molar-refractivity contribution in [2.45, 2.75) is 25.0 Å². The molecular weight excluding hydrogens is 168 g/mol. The van der Waals surface area contributed by atoms with Crippen LogP contribution in [0.3, 0.4) is 0 Å². The van der Waals surface area contributed by atoms with Gasteiger partial charge in [-0.3, -0.25) is 4.90 Å². The van der Waals surface area contributed by atoms with E-state index in [0.717, 1.165) is 0 Å². The molecule has 0 aromatic heterocycles.